The Kier molecular flexibility index (Phi) is 6.94. The number of hydrogen-bond donors (Lipinski definition) is 0. The Balaban J connectivity index is 1.23. The highest BCUT2D eigenvalue weighted by molar-refractivity contribution is 5.92. The van der Waals surface area contributed by atoms with Crippen molar-refractivity contribution in [2.75, 3.05) is 0 Å². The molecule has 0 saturated carbocycles. The van der Waals surface area contributed by atoms with Crippen molar-refractivity contribution >= 4 is 21.9 Å². The zero-order chi connectivity index (χ0) is 31.7. The van der Waals surface area contributed by atoms with Crippen LogP contribution in [-0.4, -0.2) is 9.97 Å². The molecule has 0 aliphatic rings. The van der Waals surface area contributed by atoms with Crippen LogP contribution in [0.4, 0.5) is 0 Å². The van der Waals surface area contributed by atoms with Gasteiger partial charge < -0.3 is 4.42 Å². The van der Waals surface area contributed by atoms with Crippen LogP contribution in [0.2, 0.25) is 0 Å². The quantitative estimate of drug-likeness (QED) is 0.183. The first-order valence-electron chi connectivity index (χ1n) is 15.3. The van der Waals surface area contributed by atoms with Gasteiger partial charge in [-0.3, -0.25) is 4.79 Å². The molecular formula is C42H25N3O2. The monoisotopic (exact) mass is 603 g/mol. The Labute approximate surface area is 270 Å². The lowest BCUT2D eigenvalue weighted by Crippen LogP contribution is -2.02. The second kappa shape index (κ2) is 11.7. The van der Waals surface area contributed by atoms with Gasteiger partial charge in [0.05, 0.1) is 22.2 Å². The van der Waals surface area contributed by atoms with Gasteiger partial charge in [-0.05, 0) is 58.7 Å². The van der Waals surface area contributed by atoms with Crippen LogP contribution >= 0.6 is 0 Å². The lowest BCUT2D eigenvalue weighted by molar-refractivity contribution is 0.660. The first-order chi connectivity index (χ1) is 23.2. The molecule has 0 aliphatic carbocycles. The van der Waals surface area contributed by atoms with E-state index in [9.17, 15) is 10.1 Å². The van der Waals surface area contributed by atoms with E-state index in [4.69, 9.17) is 14.4 Å². The predicted octanol–water partition coefficient (Wildman–Crippen LogP) is 9.94. The number of hydrogen-bond acceptors (Lipinski definition) is 5. The van der Waals surface area contributed by atoms with Gasteiger partial charge >= 0.3 is 0 Å². The second-order valence-electron chi connectivity index (χ2n) is 11.3. The Morgan fingerprint density at radius 1 is 0.468 bits per heavy atom. The van der Waals surface area contributed by atoms with Crippen LogP contribution in [0.5, 0.6) is 0 Å². The van der Waals surface area contributed by atoms with Crippen molar-refractivity contribution in [3.8, 4) is 62.2 Å². The van der Waals surface area contributed by atoms with Crippen molar-refractivity contribution in [3.05, 3.63) is 167 Å². The minimum absolute atomic E-state index is 0.0419. The van der Waals surface area contributed by atoms with Gasteiger partial charge in [0.25, 0.3) is 0 Å². The van der Waals surface area contributed by atoms with E-state index in [0.717, 1.165) is 38.9 Å². The molecule has 0 aliphatic heterocycles. The van der Waals surface area contributed by atoms with E-state index in [-0.39, 0.29) is 5.43 Å². The summed E-state index contributed by atoms with van der Waals surface area (Å²) >= 11 is 0. The standard InChI is InChI=1S/C42H25N3O2/c43-26-36-39(27-11-3-1-4-12-27)44-42(45-40(36)28-13-5-2-6-14-28)33-18-10-17-31(24-33)29-15-9-16-30(23-29)32-21-22-38-35(25-32)41(46)34-19-7-8-20-37(34)47-38/h1-25H. The summed E-state index contributed by atoms with van der Waals surface area (Å²) in [5.41, 5.74) is 9.18. The zero-order valence-electron chi connectivity index (χ0n) is 25.1. The molecule has 0 amide bonds. The molecule has 0 fully saturated rings. The zero-order valence-corrected chi connectivity index (χ0v) is 25.1. The fraction of sp³-hybridized carbons (Fsp3) is 0. The Hall–Kier alpha value is -6.64. The fourth-order valence-electron chi connectivity index (χ4n) is 6.00. The largest absolute Gasteiger partial charge is 0.456 e. The number of benzene rings is 6. The van der Waals surface area contributed by atoms with Crippen molar-refractivity contribution in [3.63, 3.8) is 0 Å². The first kappa shape index (κ1) is 27.9. The fourth-order valence-corrected chi connectivity index (χ4v) is 6.00. The Bertz CT molecular complexity index is 2490. The van der Waals surface area contributed by atoms with Crippen LogP contribution in [0.15, 0.2) is 161 Å². The normalized spacial score (nSPS) is 11.0. The maximum absolute atomic E-state index is 13.3. The molecule has 47 heavy (non-hydrogen) atoms. The molecular weight excluding hydrogens is 578 g/mol. The Morgan fingerprint density at radius 3 is 1.57 bits per heavy atom. The van der Waals surface area contributed by atoms with Crippen molar-refractivity contribution in [1.82, 2.24) is 9.97 Å². The van der Waals surface area contributed by atoms with Crippen LogP contribution < -0.4 is 5.43 Å². The molecule has 5 heteroatoms. The van der Waals surface area contributed by atoms with Crippen molar-refractivity contribution in [1.29, 1.82) is 5.26 Å². The molecule has 2 heterocycles. The molecule has 0 unspecified atom stereocenters. The number of rotatable bonds is 5. The molecule has 8 rings (SSSR count). The van der Waals surface area contributed by atoms with E-state index < -0.39 is 0 Å². The lowest BCUT2D eigenvalue weighted by atomic mass is 9.96. The molecule has 220 valence electrons. The third-order valence-electron chi connectivity index (χ3n) is 8.34. The predicted molar refractivity (Wildman–Crippen MR) is 187 cm³/mol. The molecule has 0 atom stereocenters. The van der Waals surface area contributed by atoms with Crippen LogP contribution in [0, 0.1) is 11.3 Å². The molecule has 8 aromatic rings. The maximum Gasteiger partial charge on any atom is 0.200 e. The summed E-state index contributed by atoms with van der Waals surface area (Å²) in [6, 6.07) is 51.3. The average molecular weight is 604 g/mol. The number of para-hydroxylation sites is 1. The topological polar surface area (TPSA) is 79.8 Å². The summed E-state index contributed by atoms with van der Waals surface area (Å²) in [5.74, 6) is 0.535. The summed E-state index contributed by atoms with van der Waals surface area (Å²) in [4.78, 5) is 23.2. The maximum atomic E-state index is 13.3. The molecule has 0 saturated heterocycles. The minimum atomic E-state index is -0.0419. The van der Waals surface area contributed by atoms with E-state index in [1.165, 1.54) is 0 Å². The van der Waals surface area contributed by atoms with Gasteiger partial charge in [-0.15, -0.1) is 0 Å². The summed E-state index contributed by atoms with van der Waals surface area (Å²) in [5, 5.41) is 11.4. The molecule has 0 N–H and O–H groups in total. The highest BCUT2D eigenvalue weighted by Crippen LogP contribution is 2.34. The van der Waals surface area contributed by atoms with Crippen LogP contribution in [0.1, 0.15) is 5.56 Å². The van der Waals surface area contributed by atoms with Gasteiger partial charge in [-0.1, -0.05) is 115 Å². The van der Waals surface area contributed by atoms with Crippen molar-refractivity contribution in [2.24, 2.45) is 0 Å². The van der Waals surface area contributed by atoms with E-state index in [1.807, 2.05) is 121 Å². The van der Waals surface area contributed by atoms with Crippen LogP contribution in [0.25, 0.3) is 78.1 Å². The van der Waals surface area contributed by atoms with E-state index in [2.05, 4.69) is 30.3 Å². The van der Waals surface area contributed by atoms with Gasteiger partial charge in [-0.2, -0.15) is 5.26 Å². The van der Waals surface area contributed by atoms with E-state index in [1.54, 1.807) is 6.07 Å². The highest BCUT2D eigenvalue weighted by Gasteiger charge is 2.19. The van der Waals surface area contributed by atoms with E-state index in [0.29, 0.717) is 44.7 Å². The second-order valence-corrected chi connectivity index (χ2v) is 11.3. The van der Waals surface area contributed by atoms with Crippen LogP contribution in [0.3, 0.4) is 0 Å². The summed E-state index contributed by atoms with van der Waals surface area (Å²) in [6.45, 7) is 0. The molecule has 5 nitrogen and oxygen atoms in total. The van der Waals surface area contributed by atoms with Crippen LogP contribution in [-0.2, 0) is 0 Å². The highest BCUT2D eigenvalue weighted by atomic mass is 16.3. The molecule has 0 spiro atoms. The third kappa shape index (κ3) is 5.14. The SMILES string of the molecule is N#Cc1c(-c2ccccc2)nc(-c2cccc(-c3cccc(-c4ccc5oc6ccccc6c(=O)c5c4)c3)c2)nc1-c1ccccc1. The van der Waals surface area contributed by atoms with Gasteiger partial charge in [0.1, 0.15) is 22.8 Å². The average Bonchev–Trinajstić information content (AvgIpc) is 3.15. The molecule has 0 bridgehead atoms. The summed E-state index contributed by atoms with van der Waals surface area (Å²) in [7, 11) is 0. The van der Waals surface area contributed by atoms with Crippen molar-refractivity contribution in [2.45, 2.75) is 0 Å². The van der Waals surface area contributed by atoms with E-state index >= 15 is 0 Å². The van der Waals surface area contributed by atoms with Gasteiger partial charge in [0.2, 0.25) is 5.43 Å². The first-order valence-corrected chi connectivity index (χ1v) is 15.3. The molecule has 6 aromatic carbocycles. The lowest BCUT2D eigenvalue weighted by Gasteiger charge is -2.13. The molecule has 2 aromatic heterocycles. The molecule has 0 radical (unpaired) electrons. The number of fused-ring (bicyclic) bond motifs is 2. The number of aromatic nitrogens is 2. The van der Waals surface area contributed by atoms with Gasteiger partial charge in [0, 0.05) is 16.7 Å². The number of nitriles is 1. The summed E-state index contributed by atoms with van der Waals surface area (Å²) in [6.07, 6.45) is 0. The Morgan fingerprint density at radius 2 is 0.957 bits per heavy atom. The summed E-state index contributed by atoms with van der Waals surface area (Å²) < 4.78 is 6.02. The van der Waals surface area contributed by atoms with Crippen molar-refractivity contribution < 1.29 is 4.42 Å². The number of nitrogens with zero attached hydrogens (tertiary/aromatic N) is 3. The minimum Gasteiger partial charge on any atom is -0.456 e. The van der Waals surface area contributed by atoms with Gasteiger partial charge in [0.15, 0.2) is 5.82 Å². The third-order valence-corrected chi connectivity index (χ3v) is 8.34. The van der Waals surface area contributed by atoms with Gasteiger partial charge in [-0.25, -0.2) is 9.97 Å². The smallest absolute Gasteiger partial charge is 0.200 e.